The molecule has 0 spiro atoms. The number of fused-ring (bicyclic) bond motifs is 1. The van der Waals surface area contributed by atoms with E-state index in [1.807, 2.05) is 11.8 Å². The van der Waals surface area contributed by atoms with Gasteiger partial charge in [-0.25, -0.2) is 4.79 Å². The van der Waals surface area contributed by atoms with Crippen molar-refractivity contribution in [1.82, 2.24) is 9.80 Å². The van der Waals surface area contributed by atoms with E-state index < -0.39 is 0 Å². The lowest BCUT2D eigenvalue weighted by molar-refractivity contribution is -0.0120. The van der Waals surface area contributed by atoms with Crippen molar-refractivity contribution >= 4 is 6.09 Å². The van der Waals surface area contributed by atoms with Crippen LogP contribution in [-0.2, 0) is 4.74 Å². The number of nitrogens with zero attached hydrogens (tertiary/aromatic N) is 2. The Hall–Kier alpha value is -1.03. The van der Waals surface area contributed by atoms with Gasteiger partial charge in [-0.05, 0) is 37.0 Å². The zero-order valence-corrected chi connectivity index (χ0v) is 13.6. The molecule has 1 aliphatic heterocycles. The fraction of sp³-hybridized carbons (Fsp3) is 0.824. The van der Waals surface area contributed by atoms with E-state index >= 15 is 0 Å². The van der Waals surface area contributed by atoms with Crippen LogP contribution in [0.5, 0.6) is 0 Å². The molecule has 0 aromatic carbocycles. The summed E-state index contributed by atoms with van der Waals surface area (Å²) in [5, 5.41) is 0. The number of allylic oxidation sites excluding steroid dienone is 1. The molecule has 0 N–H and O–H groups in total. The van der Waals surface area contributed by atoms with E-state index in [-0.39, 0.29) is 6.09 Å². The third-order valence-corrected chi connectivity index (χ3v) is 5.89. The maximum atomic E-state index is 11.7. The average Bonchev–Trinajstić information content (AvgIpc) is 2.48. The molecule has 4 nitrogen and oxygen atoms in total. The number of hydrogen-bond donors (Lipinski definition) is 0. The molecule has 1 heterocycles. The summed E-state index contributed by atoms with van der Waals surface area (Å²) in [4.78, 5) is 16.0. The van der Waals surface area contributed by atoms with Gasteiger partial charge in [0.15, 0.2) is 0 Å². The third kappa shape index (κ3) is 2.70. The summed E-state index contributed by atoms with van der Waals surface area (Å²) < 4.78 is 5.07. The summed E-state index contributed by atoms with van der Waals surface area (Å²) in [6.45, 7) is 11.8. The van der Waals surface area contributed by atoms with Crippen LogP contribution in [0.25, 0.3) is 0 Å². The average molecular weight is 292 g/mol. The Bertz CT molecular complexity index is 436. The highest BCUT2D eigenvalue weighted by atomic mass is 16.6. The molecule has 0 aromatic heterocycles. The van der Waals surface area contributed by atoms with E-state index in [0.29, 0.717) is 12.0 Å². The van der Waals surface area contributed by atoms with Gasteiger partial charge in [-0.3, -0.25) is 4.90 Å². The highest BCUT2D eigenvalue weighted by Crippen LogP contribution is 2.59. The number of piperazine rings is 1. The molecule has 2 bridgehead atoms. The van der Waals surface area contributed by atoms with Crippen LogP contribution in [0.4, 0.5) is 4.79 Å². The number of amides is 1. The van der Waals surface area contributed by atoms with Crippen molar-refractivity contribution in [3.8, 4) is 0 Å². The van der Waals surface area contributed by atoms with E-state index in [1.54, 1.807) is 5.57 Å². The lowest BCUT2D eigenvalue weighted by Crippen LogP contribution is -2.53. The first-order chi connectivity index (χ1) is 10.0. The van der Waals surface area contributed by atoms with Gasteiger partial charge in [-0.1, -0.05) is 25.5 Å². The zero-order valence-electron chi connectivity index (χ0n) is 13.6. The number of rotatable bonds is 3. The van der Waals surface area contributed by atoms with Crippen LogP contribution in [0.3, 0.4) is 0 Å². The van der Waals surface area contributed by atoms with Gasteiger partial charge in [0.25, 0.3) is 0 Å². The molecule has 1 saturated heterocycles. The van der Waals surface area contributed by atoms with Crippen molar-refractivity contribution < 1.29 is 9.53 Å². The monoisotopic (exact) mass is 292 g/mol. The van der Waals surface area contributed by atoms with Crippen molar-refractivity contribution in [3.63, 3.8) is 0 Å². The van der Waals surface area contributed by atoms with Gasteiger partial charge >= 0.3 is 6.09 Å². The molecule has 4 aliphatic rings. The first-order valence-electron chi connectivity index (χ1n) is 8.35. The minimum Gasteiger partial charge on any atom is -0.450 e. The van der Waals surface area contributed by atoms with Gasteiger partial charge in [0.2, 0.25) is 0 Å². The van der Waals surface area contributed by atoms with Gasteiger partial charge in [-0.15, -0.1) is 0 Å². The highest BCUT2D eigenvalue weighted by Gasteiger charge is 2.51. The minimum atomic E-state index is -0.156. The summed E-state index contributed by atoms with van der Waals surface area (Å²) in [6, 6.07) is 0. The summed E-state index contributed by atoms with van der Waals surface area (Å²) in [5.74, 6) is 1.70. The summed E-state index contributed by atoms with van der Waals surface area (Å²) in [7, 11) is 0. The van der Waals surface area contributed by atoms with Crippen molar-refractivity contribution in [3.05, 3.63) is 11.6 Å². The topological polar surface area (TPSA) is 32.8 Å². The van der Waals surface area contributed by atoms with Gasteiger partial charge < -0.3 is 9.64 Å². The van der Waals surface area contributed by atoms with Gasteiger partial charge in [0.05, 0.1) is 6.61 Å². The second-order valence-corrected chi connectivity index (χ2v) is 7.28. The Morgan fingerprint density at radius 3 is 2.62 bits per heavy atom. The Kier molecular flexibility index (Phi) is 4.00. The predicted molar refractivity (Wildman–Crippen MR) is 83.1 cm³/mol. The third-order valence-electron chi connectivity index (χ3n) is 5.89. The van der Waals surface area contributed by atoms with Gasteiger partial charge in [0, 0.05) is 32.7 Å². The second kappa shape index (κ2) is 5.64. The standard InChI is InChI=1S/C17H28N2O2/c1-4-21-16(20)19-9-7-18(8-10-19)12-13-5-6-14-11-15(13)17(14,2)3/h5,14-15H,4,6-12H2,1-3H3/t14-,15-/m1/s1. The number of carbonyl (C=O) groups excluding carboxylic acids is 1. The molecule has 2 atom stereocenters. The number of hydrogen-bond acceptors (Lipinski definition) is 3. The molecule has 3 aliphatic carbocycles. The van der Waals surface area contributed by atoms with Crippen molar-refractivity contribution in [2.45, 2.75) is 33.6 Å². The minimum absolute atomic E-state index is 0.156. The van der Waals surface area contributed by atoms with E-state index in [9.17, 15) is 4.79 Å². The molecule has 0 aromatic rings. The van der Waals surface area contributed by atoms with E-state index in [1.165, 1.54) is 12.8 Å². The zero-order chi connectivity index (χ0) is 15.0. The van der Waals surface area contributed by atoms with Crippen molar-refractivity contribution in [2.75, 3.05) is 39.3 Å². The number of carbonyl (C=O) groups is 1. The van der Waals surface area contributed by atoms with Crippen LogP contribution in [0.15, 0.2) is 11.6 Å². The molecule has 1 saturated carbocycles. The molecule has 0 unspecified atom stereocenters. The van der Waals surface area contributed by atoms with Gasteiger partial charge in [-0.2, -0.15) is 0 Å². The molecular weight excluding hydrogens is 264 g/mol. The fourth-order valence-corrected chi connectivity index (χ4v) is 4.22. The van der Waals surface area contributed by atoms with E-state index in [2.05, 4.69) is 24.8 Å². The lowest BCUT2D eigenvalue weighted by atomic mass is 9.49. The maximum absolute atomic E-state index is 11.7. The van der Waals surface area contributed by atoms with Crippen molar-refractivity contribution in [2.24, 2.45) is 17.3 Å². The molecule has 4 rings (SSSR count). The molecule has 21 heavy (non-hydrogen) atoms. The fourth-order valence-electron chi connectivity index (χ4n) is 4.22. The summed E-state index contributed by atoms with van der Waals surface area (Å²) >= 11 is 0. The maximum Gasteiger partial charge on any atom is 0.409 e. The van der Waals surface area contributed by atoms with Crippen LogP contribution < -0.4 is 0 Å². The largest absolute Gasteiger partial charge is 0.450 e. The Balaban J connectivity index is 1.50. The quantitative estimate of drug-likeness (QED) is 0.750. The Morgan fingerprint density at radius 1 is 1.33 bits per heavy atom. The van der Waals surface area contributed by atoms with Crippen LogP contribution in [0.2, 0.25) is 0 Å². The normalized spacial score (nSPS) is 31.4. The molecule has 0 radical (unpaired) electrons. The molecule has 2 fully saturated rings. The lowest BCUT2D eigenvalue weighted by Gasteiger charge is -2.57. The van der Waals surface area contributed by atoms with Gasteiger partial charge in [0.1, 0.15) is 0 Å². The first kappa shape index (κ1) is 14.9. The SMILES string of the molecule is CCOC(=O)N1CCN(CC2=CC[C@@H]3C[C@H]2C3(C)C)CC1. The summed E-state index contributed by atoms with van der Waals surface area (Å²) in [6.07, 6.45) is 4.99. The second-order valence-electron chi connectivity index (χ2n) is 7.28. The highest BCUT2D eigenvalue weighted by molar-refractivity contribution is 5.67. The smallest absolute Gasteiger partial charge is 0.409 e. The van der Waals surface area contributed by atoms with Crippen molar-refractivity contribution in [1.29, 1.82) is 0 Å². The Morgan fingerprint density at radius 2 is 2.05 bits per heavy atom. The number of ether oxygens (including phenoxy) is 1. The Labute approximate surface area is 128 Å². The van der Waals surface area contributed by atoms with Crippen LogP contribution in [0.1, 0.15) is 33.6 Å². The van der Waals surface area contributed by atoms with Crippen LogP contribution in [-0.4, -0.2) is 55.2 Å². The molecular formula is C17H28N2O2. The molecule has 118 valence electrons. The van der Waals surface area contributed by atoms with Crippen LogP contribution in [0, 0.1) is 17.3 Å². The molecule has 4 heteroatoms. The first-order valence-corrected chi connectivity index (χ1v) is 8.35. The van der Waals surface area contributed by atoms with E-state index in [4.69, 9.17) is 4.74 Å². The predicted octanol–water partition coefficient (Wildman–Crippen LogP) is 2.75. The summed E-state index contributed by atoms with van der Waals surface area (Å²) in [5.41, 5.74) is 2.16. The van der Waals surface area contributed by atoms with Crippen LogP contribution >= 0.6 is 0 Å². The molecule has 1 amide bonds. The van der Waals surface area contributed by atoms with E-state index in [0.717, 1.165) is 44.6 Å².